The van der Waals surface area contributed by atoms with Crippen LogP contribution in [0.2, 0.25) is 0 Å². The molecule has 2 unspecified atom stereocenters. The number of hydrogen-bond acceptors (Lipinski definition) is 3. The van der Waals surface area contributed by atoms with Crippen molar-refractivity contribution in [1.29, 1.82) is 0 Å². The predicted molar refractivity (Wildman–Crippen MR) is 55.2 cm³/mol. The maximum absolute atomic E-state index is 11.8. The van der Waals surface area contributed by atoms with Gasteiger partial charge in [-0.3, -0.25) is 0 Å². The number of hydrogen-bond donors (Lipinski definition) is 1. The van der Waals surface area contributed by atoms with Crippen LogP contribution in [-0.4, -0.2) is 44.0 Å². The molecule has 2 atom stereocenters. The number of nitrogens with one attached hydrogen (secondary N) is 1. The van der Waals surface area contributed by atoms with Crippen LogP contribution in [0.25, 0.3) is 0 Å². The summed E-state index contributed by atoms with van der Waals surface area (Å²) in [6.07, 6.45) is -3.50. The summed E-state index contributed by atoms with van der Waals surface area (Å²) in [6.45, 7) is -0.931. The lowest BCUT2D eigenvalue weighted by atomic mass is 10.0. The van der Waals surface area contributed by atoms with Gasteiger partial charge in [0.1, 0.15) is 6.61 Å². The van der Waals surface area contributed by atoms with E-state index in [1.807, 2.05) is 18.8 Å². The molecule has 1 aliphatic rings. The molecule has 1 aliphatic heterocycles. The summed E-state index contributed by atoms with van der Waals surface area (Å²) in [5.74, 6) is 2.50. The standard InChI is InChI=1S/C9H16F3NOS/c1-13-8-5-15-4-7(8)2-3-14-6-9(10,11)12/h7-8,13H,2-6H2,1H3. The SMILES string of the molecule is CNC1CSCC1CCOCC(F)(F)F. The number of rotatable bonds is 5. The van der Waals surface area contributed by atoms with Gasteiger partial charge < -0.3 is 10.1 Å². The third kappa shape index (κ3) is 5.08. The van der Waals surface area contributed by atoms with Gasteiger partial charge in [-0.25, -0.2) is 0 Å². The van der Waals surface area contributed by atoms with Crippen LogP contribution in [0.15, 0.2) is 0 Å². The largest absolute Gasteiger partial charge is 0.411 e. The second-order valence-corrected chi connectivity index (χ2v) is 4.72. The van der Waals surface area contributed by atoms with Crippen molar-refractivity contribution < 1.29 is 17.9 Å². The first kappa shape index (κ1) is 13.1. The van der Waals surface area contributed by atoms with Crippen LogP contribution < -0.4 is 5.32 Å². The Hall–Kier alpha value is 0.0600. The normalized spacial score (nSPS) is 27.2. The van der Waals surface area contributed by atoms with E-state index in [0.717, 1.165) is 11.5 Å². The van der Waals surface area contributed by atoms with Crippen molar-refractivity contribution in [3.05, 3.63) is 0 Å². The van der Waals surface area contributed by atoms with Gasteiger partial charge in [0.2, 0.25) is 0 Å². The Balaban J connectivity index is 2.09. The van der Waals surface area contributed by atoms with Crippen molar-refractivity contribution in [2.45, 2.75) is 18.6 Å². The molecule has 0 aromatic rings. The Labute approximate surface area is 91.9 Å². The van der Waals surface area contributed by atoms with Crippen LogP contribution in [0.5, 0.6) is 0 Å². The zero-order chi connectivity index (χ0) is 11.3. The zero-order valence-electron chi connectivity index (χ0n) is 8.64. The van der Waals surface area contributed by atoms with Crippen molar-refractivity contribution in [2.75, 3.05) is 31.8 Å². The van der Waals surface area contributed by atoms with E-state index in [2.05, 4.69) is 10.1 Å². The molecule has 1 rings (SSSR count). The van der Waals surface area contributed by atoms with Crippen LogP contribution in [0.4, 0.5) is 13.2 Å². The Kier molecular flexibility index (Phi) is 5.22. The lowest BCUT2D eigenvalue weighted by Crippen LogP contribution is -2.33. The minimum atomic E-state index is -4.20. The average molecular weight is 243 g/mol. The molecule has 1 heterocycles. The summed E-state index contributed by atoms with van der Waals surface area (Å²) in [7, 11) is 1.89. The summed E-state index contributed by atoms with van der Waals surface area (Å²) in [6, 6.07) is 0.421. The fourth-order valence-electron chi connectivity index (χ4n) is 1.62. The van der Waals surface area contributed by atoms with Crippen molar-refractivity contribution in [2.24, 2.45) is 5.92 Å². The highest BCUT2D eigenvalue weighted by Crippen LogP contribution is 2.26. The Morgan fingerprint density at radius 2 is 2.13 bits per heavy atom. The van der Waals surface area contributed by atoms with Gasteiger partial charge in [0.25, 0.3) is 0 Å². The van der Waals surface area contributed by atoms with Crippen molar-refractivity contribution in [1.82, 2.24) is 5.32 Å². The first-order valence-corrected chi connectivity index (χ1v) is 6.08. The molecule has 0 bridgehead atoms. The molecule has 1 N–H and O–H groups in total. The molecule has 0 aromatic heterocycles. The summed E-state index contributed by atoms with van der Waals surface area (Å²) in [4.78, 5) is 0. The smallest absolute Gasteiger partial charge is 0.372 e. The number of alkyl halides is 3. The summed E-state index contributed by atoms with van der Waals surface area (Å²) in [5, 5.41) is 3.17. The molecule has 90 valence electrons. The highest BCUT2D eigenvalue weighted by atomic mass is 32.2. The first-order valence-electron chi connectivity index (χ1n) is 4.92. The van der Waals surface area contributed by atoms with Crippen molar-refractivity contribution >= 4 is 11.8 Å². The molecule has 0 aliphatic carbocycles. The second kappa shape index (κ2) is 5.96. The van der Waals surface area contributed by atoms with Crippen molar-refractivity contribution in [3.63, 3.8) is 0 Å². The minimum absolute atomic E-state index is 0.197. The Bertz CT molecular complexity index is 189. The molecule has 6 heteroatoms. The molecule has 0 amide bonds. The minimum Gasteiger partial charge on any atom is -0.372 e. The van der Waals surface area contributed by atoms with Crippen LogP contribution in [-0.2, 0) is 4.74 Å². The van der Waals surface area contributed by atoms with Gasteiger partial charge in [0.15, 0.2) is 0 Å². The fraction of sp³-hybridized carbons (Fsp3) is 1.00. The first-order chi connectivity index (χ1) is 7.03. The topological polar surface area (TPSA) is 21.3 Å². The fourth-order valence-corrected chi connectivity index (χ4v) is 3.16. The van der Waals surface area contributed by atoms with E-state index in [4.69, 9.17) is 0 Å². The van der Waals surface area contributed by atoms with Gasteiger partial charge in [-0.1, -0.05) is 0 Å². The number of thioether (sulfide) groups is 1. The monoisotopic (exact) mass is 243 g/mol. The molecule has 15 heavy (non-hydrogen) atoms. The summed E-state index contributed by atoms with van der Waals surface area (Å²) < 4.78 is 39.9. The van der Waals surface area contributed by atoms with Gasteiger partial charge in [-0.05, 0) is 25.1 Å². The Morgan fingerprint density at radius 1 is 1.40 bits per heavy atom. The average Bonchev–Trinajstić information content (AvgIpc) is 2.58. The zero-order valence-corrected chi connectivity index (χ0v) is 9.46. The van der Waals surface area contributed by atoms with Crippen LogP contribution in [0, 0.1) is 5.92 Å². The summed E-state index contributed by atoms with van der Waals surface area (Å²) >= 11 is 1.84. The maximum Gasteiger partial charge on any atom is 0.411 e. The maximum atomic E-state index is 11.8. The third-order valence-electron chi connectivity index (χ3n) is 2.47. The molecule has 1 fully saturated rings. The summed E-state index contributed by atoms with van der Waals surface area (Å²) in [5.41, 5.74) is 0. The van der Waals surface area contributed by atoms with E-state index >= 15 is 0 Å². The molecule has 0 spiro atoms. The Morgan fingerprint density at radius 3 is 2.73 bits per heavy atom. The molecule has 1 saturated heterocycles. The van der Waals surface area contributed by atoms with E-state index in [0.29, 0.717) is 18.4 Å². The van der Waals surface area contributed by atoms with Gasteiger partial charge in [0.05, 0.1) is 0 Å². The third-order valence-corrected chi connectivity index (χ3v) is 3.73. The van der Waals surface area contributed by atoms with Gasteiger partial charge in [-0.2, -0.15) is 24.9 Å². The van der Waals surface area contributed by atoms with Gasteiger partial charge in [0, 0.05) is 18.4 Å². The van der Waals surface area contributed by atoms with E-state index < -0.39 is 12.8 Å². The van der Waals surface area contributed by atoms with Crippen LogP contribution in [0.1, 0.15) is 6.42 Å². The van der Waals surface area contributed by atoms with Crippen molar-refractivity contribution in [3.8, 4) is 0 Å². The van der Waals surface area contributed by atoms with E-state index in [1.54, 1.807) is 0 Å². The van der Waals surface area contributed by atoms with Crippen LogP contribution in [0.3, 0.4) is 0 Å². The van der Waals surface area contributed by atoms with Gasteiger partial charge in [-0.15, -0.1) is 0 Å². The van der Waals surface area contributed by atoms with E-state index in [9.17, 15) is 13.2 Å². The molecule has 2 nitrogen and oxygen atoms in total. The number of halogens is 3. The quantitative estimate of drug-likeness (QED) is 0.745. The highest BCUT2D eigenvalue weighted by Gasteiger charge is 2.29. The number of ether oxygens (including phenoxy) is 1. The van der Waals surface area contributed by atoms with E-state index in [-0.39, 0.29) is 6.61 Å². The lowest BCUT2D eigenvalue weighted by Gasteiger charge is -2.17. The molecular formula is C9H16F3NOS. The molecular weight excluding hydrogens is 227 g/mol. The molecule has 0 aromatic carbocycles. The molecule has 0 saturated carbocycles. The molecule has 0 radical (unpaired) electrons. The highest BCUT2D eigenvalue weighted by molar-refractivity contribution is 7.99. The van der Waals surface area contributed by atoms with Gasteiger partial charge >= 0.3 is 6.18 Å². The van der Waals surface area contributed by atoms with Crippen LogP contribution >= 0.6 is 11.8 Å². The predicted octanol–water partition coefficient (Wildman–Crippen LogP) is 1.91. The van der Waals surface area contributed by atoms with E-state index in [1.165, 1.54) is 0 Å². The lowest BCUT2D eigenvalue weighted by molar-refractivity contribution is -0.174. The second-order valence-electron chi connectivity index (χ2n) is 3.65.